The molecule has 1 aliphatic heterocycles. The third-order valence-corrected chi connectivity index (χ3v) is 6.38. The van der Waals surface area contributed by atoms with E-state index in [1.807, 2.05) is 47.3 Å². The highest BCUT2D eigenvalue weighted by Crippen LogP contribution is 2.29. The maximum Gasteiger partial charge on any atom is 0.229 e. The molecule has 0 unspecified atom stereocenters. The van der Waals surface area contributed by atoms with Crippen molar-refractivity contribution >= 4 is 34.2 Å². The number of anilines is 4. The summed E-state index contributed by atoms with van der Waals surface area (Å²) in [5.74, 6) is 1.49. The van der Waals surface area contributed by atoms with Gasteiger partial charge in [0.2, 0.25) is 5.95 Å². The Kier molecular flexibility index (Phi) is 5.50. The van der Waals surface area contributed by atoms with Crippen LogP contribution in [0.4, 0.5) is 23.1 Å². The third-order valence-electron chi connectivity index (χ3n) is 6.38. The summed E-state index contributed by atoms with van der Waals surface area (Å²) in [5.41, 5.74) is 5.21. The normalized spacial score (nSPS) is 13.9. The van der Waals surface area contributed by atoms with Gasteiger partial charge in [-0.1, -0.05) is 48.5 Å². The maximum atomic E-state index is 5.01. The Balaban J connectivity index is 1.37. The Hall–Kier alpha value is -4.39. The number of para-hydroxylation sites is 2. The van der Waals surface area contributed by atoms with E-state index in [4.69, 9.17) is 9.97 Å². The number of aromatic nitrogens is 4. The molecule has 0 radical (unpaired) electrons. The average Bonchev–Trinajstić information content (AvgIpc) is 3.34. The van der Waals surface area contributed by atoms with E-state index in [-0.39, 0.29) is 0 Å². The second-order valence-corrected chi connectivity index (χ2v) is 8.81. The van der Waals surface area contributed by atoms with Crippen molar-refractivity contribution in [1.29, 1.82) is 0 Å². The molecule has 6 rings (SSSR count). The van der Waals surface area contributed by atoms with Crippen LogP contribution in [0.5, 0.6) is 0 Å². The number of benzene rings is 3. The highest BCUT2D eigenvalue weighted by atomic mass is 15.4. The Morgan fingerprint density at radius 2 is 1.40 bits per heavy atom. The van der Waals surface area contributed by atoms with Crippen molar-refractivity contribution in [3.05, 3.63) is 96.7 Å². The van der Waals surface area contributed by atoms with E-state index in [1.165, 1.54) is 11.3 Å². The minimum Gasteiger partial charge on any atom is -0.368 e. The van der Waals surface area contributed by atoms with Crippen LogP contribution in [0.25, 0.3) is 16.7 Å². The Morgan fingerprint density at radius 3 is 2.11 bits per heavy atom. The van der Waals surface area contributed by atoms with Gasteiger partial charge in [-0.3, -0.25) is 0 Å². The van der Waals surface area contributed by atoms with Gasteiger partial charge >= 0.3 is 0 Å². The first-order chi connectivity index (χ1) is 17.2. The highest BCUT2D eigenvalue weighted by molar-refractivity contribution is 5.90. The average molecular weight is 462 g/mol. The van der Waals surface area contributed by atoms with E-state index in [0.717, 1.165) is 60.4 Å². The predicted molar refractivity (Wildman–Crippen MR) is 142 cm³/mol. The summed E-state index contributed by atoms with van der Waals surface area (Å²) >= 11 is 0. The van der Waals surface area contributed by atoms with Gasteiger partial charge in [0.25, 0.3) is 0 Å². The van der Waals surface area contributed by atoms with Crippen LogP contribution in [0.1, 0.15) is 5.56 Å². The van der Waals surface area contributed by atoms with E-state index in [9.17, 15) is 0 Å². The fourth-order valence-electron chi connectivity index (χ4n) is 4.55. The van der Waals surface area contributed by atoms with Crippen LogP contribution in [0.15, 0.2) is 91.1 Å². The minimum absolute atomic E-state index is 0.720. The van der Waals surface area contributed by atoms with Crippen molar-refractivity contribution in [2.45, 2.75) is 6.92 Å². The fourth-order valence-corrected chi connectivity index (χ4v) is 4.55. The molecule has 0 atom stereocenters. The number of aryl methyl sites for hydroxylation is 1. The smallest absolute Gasteiger partial charge is 0.229 e. The number of hydrogen-bond donors (Lipinski definition) is 1. The zero-order valence-corrected chi connectivity index (χ0v) is 19.7. The van der Waals surface area contributed by atoms with Gasteiger partial charge in [0.1, 0.15) is 5.82 Å². The molecule has 0 bridgehead atoms. The summed E-state index contributed by atoms with van der Waals surface area (Å²) in [6.07, 6.45) is 1.84. The van der Waals surface area contributed by atoms with E-state index in [0.29, 0.717) is 0 Å². The molecule has 7 heteroatoms. The lowest BCUT2D eigenvalue weighted by Crippen LogP contribution is -2.47. The van der Waals surface area contributed by atoms with Crippen LogP contribution in [-0.2, 0) is 0 Å². The Labute approximate surface area is 204 Å². The summed E-state index contributed by atoms with van der Waals surface area (Å²) in [4.78, 5) is 14.7. The van der Waals surface area contributed by atoms with Gasteiger partial charge in [0.15, 0.2) is 5.65 Å². The standard InChI is InChI=1S/C28H27N7/c1-21-9-8-10-22(19-21)30-26-25-20-29-35(24-13-6-3-7-14-24)27(25)32-28(31-26)34-17-15-33(16-18-34)23-11-4-2-5-12-23/h2-14,19-20H,15-18H2,1H3,(H,30,31,32). The predicted octanol–water partition coefficient (Wildman–Crippen LogP) is 5.19. The zero-order chi connectivity index (χ0) is 23.6. The molecular formula is C28H27N7. The van der Waals surface area contributed by atoms with E-state index >= 15 is 0 Å². The van der Waals surface area contributed by atoms with Crippen LogP contribution in [0.3, 0.4) is 0 Å². The van der Waals surface area contributed by atoms with Gasteiger partial charge in [0, 0.05) is 37.6 Å². The molecular weight excluding hydrogens is 434 g/mol. The molecule has 2 aromatic heterocycles. The van der Waals surface area contributed by atoms with Crippen LogP contribution in [-0.4, -0.2) is 45.9 Å². The highest BCUT2D eigenvalue weighted by Gasteiger charge is 2.22. The van der Waals surface area contributed by atoms with Gasteiger partial charge in [0.05, 0.1) is 17.3 Å². The summed E-state index contributed by atoms with van der Waals surface area (Å²) < 4.78 is 1.89. The number of rotatable bonds is 5. The van der Waals surface area contributed by atoms with Crippen molar-refractivity contribution in [2.75, 3.05) is 41.3 Å². The number of nitrogens with zero attached hydrogens (tertiary/aromatic N) is 6. The SMILES string of the molecule is Cc1cccc(Nc2nc(N3CCN(c4ccccc4)CC3)nc3c2cnn3-c2ccccc2)c1. The largest absolute Gasteiger partial charge is 0.368 e. The molecule has 35 heavy (non-hydrogen) atoms. The second kappa shape index (κ2) is 9.10. The first kappa shape index (κ1) is 21.2. The molecule has 3 aromatic carbocycles. The Morgan fingerprint density at radius 1 is 0.714 bits per heavy atom. The lowest BCUT2D eigenvalue weighted by Gasteiger charge is -2.36. The molecule has 7 nitrogen and oxygen atoms in total. The van der Waals surface area contributed by atoms with Crippen molar-refractivity contribution in [1.82, 2.24) is 19.7 Å². The van der Waals surface area contributed by atoms with Gasteiger partial charge < -0.3 is 15.1 Å². The topological polar surface area (TPSA) is 62.1 Å². The lowest BCUT2D eigenvalue weighted by molar-refractivity contribution is 0.641. The van der Waals surface area contributed by atoms with Gasteiger partial charge in [-0.15, -0.1) is 0 Å². The summed E-state index contributed by atoms with van der Waals surface area (Å²) in [6.45, 7) is 5.63. The quantitative estimate of drug-likeness (QED) is 0.388. The lowest BCUT2D eigenvalue weighted by atomic mass is 10.2. The Bertz CT molecular complexity index is 1440. The van der Waals surface area contributed by atoms with Gasteiger partial charge in [-0.2, -0.15) is 15.1 Å². The zero-order valence-electron chi connectivity index (χ0n) is 19.7. The number of nitrogens with one attached hydrogen (secondary N) is 1. The number of hydrogen-bond acceptors (Lipinski definition) is 6. The maximum absolute atomic E-state index is 5.01. The molecule has 5 aromatic rings. The molecule has 1 N–H and O–H groups in total. The second-order valence-electron chi connectivity index (χ2n) is 8.81. The molecule has 0 saturated carbocycles. The molecule has 1 aliphatic rings. The summed E-state index contributed by atoms with van der Waals surface area (Å²) in [7, 11) is 0. The van der Waals surface area contributed by atoms with E-state index < -0.39 is 0 Å². The van der Waals surface area contributed by atoms with Crippen molar-refractivity contribution in [3.63, 3.8) is 0 Å². The van der Waals surface area contributed by atoms with Crippen LogP contribution in [0, 0.1) is 6.92 Å². The molecule has 0 aliphatic carbocycles. The molecule has 1 fully saturated rings. The van der Waals surface area contributed by atoms with Gasteiger partial charge in [-0.25, -0.2) is 4.68 Å². The summed E-state index contributed by atoms with van der Waals surface area (Å²) in [5, 5.41) is 9.09. The first-order valence-electron chi connectivity index (χ1n) is 11.9. The number of fused-ring (bicyclic) bond motifs is 1. The van der Waals surface area contributed by atoms with Crippen LogP contribution >= 0.6 is 0 Å². The molecule has 1 saturated heterocycles. The summed E-state index contributed by atoms with van der Waals surface area (Å²) in [6, 6.07) is 29.0. The fraction of sp³-hybridized carbons (Fsp3) is 0.179. The van der Waals surface area contributed by atoms with Crippen molar-refractivity contribution in [3.8, 4) is 5.69 Å². The van der Waals surface area contributed by atoms with Crippen molar-refractivity contribution < 1.29 is 0 Å². The molecule has 174 valence electrons. The monoisotopic (exact) mass is 461 g/mol. The van der Waals surface area contributed by atoms with Crippen LogP contribution in [0.2, 0.25) is 0 Å². The van der Waals surface area contributed by atoms with E-state index in [1.54, 1.807) is 0 Å². The van der Waals surface area contributed by atoms with E-state index in [2.05, 4.69) is 75.7 Å². The minimum atomic E-state index is 0.720. The van der Waals surface area contributed by atoms with Crippen LogP contribution < -0.4 is 15.1 Å². The van der Waals surface area contributed by atoms with Crippen molar-refractivity contribution in [2.24, 2.45) is 0 Å². The molecule has 0 spiro atoms. The third kappa shape index (κ3) is 4.28. The number of piperazine rings is 1. The van der Waals surface area contributed by atoms with Gasteiger partial charge in [-0.05, 0) is 48.9 Å². The first-order valence-corrected chi connectivity index (χ1v) is 11.9. The molecule has 3 heterocycles. The molecule has 0 amide bonds.